The molecule has 2 N–H and O–H groups in total. The summed E-state index contributed by atoms with van der Waals surface area (Å²) in [5.41, 5.74) is 0. The lowest BCUT2D eigenvalue weighted by Gasteiger charge is -2.34. The lowest BCUT2D eigenvalue weighted by molar-refractivity contribution is -0.0286. The number of alkyl carbamates (subject to hydrolysis) is 2. The Kier molecular flexibility index (Phi) is 12.2. The smallest absolute Gasteiger partial charge is 0.418 e. The van der Waals surface area contributed by atoms with Crippen molar-refractivity contribution in [2.45, 2.75) is 77.7 Å². The fourth-order valence-corrected chi connectivity index (χ4v) is 4.01. The third-order valence-corrected chi connectivity index (χ3v) is 6.13. The molecule has 2 aromatic rings. The van der Waals surface area contributed by atoms with Gasteiger partial charge in [0.2, 0.25) is 0 Å². The minimum atomic E-state index is -0.853. The zero-order chi connectivity index (χ0) is 27.9. The summed E-state index contributed by atoms with van der Waals surface area (Å²) in [6.45, 7) is 4.80. The zero-order valence-electron chi connectivity index (χ0n) is 22.7. The molecule has 0 saturated carbocycles. The van der Waals surface area contributed by atoms with E-state index in [9.17, 15) is 14.4 Å². The van der Waals surface area contributed by atoms with Crippen molar-refractivity contribution in [1.82, 2.24) is 15.5 Å². The predicted octanol–water partition coefficient (Wildman–Crippen LogP) is 6.56. The minimum Gasteiger partial charge on any atom is -0.457 e. The average Bonchev–Trinajstić information content (AvgIpc) is 2.94. The molecule has 212 valence electrons. The van der Waals surface area contributed by atoms with Gasteiger partial charge in [-0.1, -0.05) is 51.3 Å². The second-order valence-corrected chi connectivity index (χ2v) is 9.24. The first-order valence-corrected chi connectivity index (χ1v) is 13.7. The second-order valence-electron chi connectivity index (χ2n) is 9.24. The molecule has 2 atom stereocenters. The molecule has 3 rings (SSSR count). The number of ether oxygens (including phenoxy) is 4. The van der Waals surface area contributed by atoms with E-state index < -0.39 is 30.7 Å². The van der Waals surface area contributed by atoms with Crippen LogP contribution in [0.2, 0.25) is 0 Å². The van der Waals surface area contributed by atoms with Crippen molar-refractivity contribution in [3.63, 3.8) is 0 Å². The number of hydrogen-bond acceptors (Lipinski definition) is 7. The monoisotopic (exact) mass is 541 g/mol. The summed E-state index contributed by atoms with van der Waals surface area (Å²) in [5.74, 6) is 1.65. The van der Waals surface area contributed by atoms with Crippen molar-refractivity contribution in [1.29, 1.82) is 0 Å². The van der Waals surface area contributed by atoms with E-state index in [4.69, 9.17) is 18.9 Å². The molecule has 1 saturated heterocycles. The van der Waals surface area contributed by atoms with Crippen molar-refractivity contribution in [3.05, 3.63) is 54.6 Å². The van der Waals surface area contributed by atoms with Crippen LogP contribution in [-0.2, 0) is 9.47 Å². The van der Waals surface area contributed by atoms with E-state index in [1.54, 1.807) is 31.2 Å². The van der Waals surface area contributed by atoms with Gasteiger partial charge in [-0.2, -0.15) is 0 Å². The van der Waals surface area contributed by atoms with Crippen molar-refractivity contribution in [3.8, 4) is 17.2 Å². The molecule has 39 heavy (non-hydrogen) atoms. The Bertz CT molecular complexity index is 1030. The molecular weight excluding hydrogens is 502 g/mol. The maximum atomic E-state index is 12.9. The number of carbonyl (C=O) groups excluding carboxylic acids is 3. The molecule has 0 aromatic heterocycles. The highest BCUT2D eigenvalue weighted by molar-refractivity contribution is 5.73. The highest BCUT2D eigenvalue weighted by Crippen LogP contribution is 2.25. The summed E-state index contributed by atoms with van der Waals surface area (Å²) in [6, 6.07) is 16.1. The van der Waals surface area contributed by atoms with Crippen LogP contribution >= 0.6 is 0 Å². The molecule has 1 heterocycles. The summed E-state index contributed by atoms with van der Waals surface area (Å²) in [6.07, 6.45) is 2.89. The SMILES string of the molecule is CCCCCCNC(=O)OC(CC)NC(=O)OC1CCCCN1C(=O)Oc1ccc(Oc2ccccc2)cc1. The van der Waals surface area contributed by atoms with E-state index in [0.29, 0.717) is 43.2 Å². The van der Waals surface area contributed by atoms with Crippen LogP contribution in [0.25, 0.3) is 0 Å². The molecule has 0 bridgehead atoms. The number of likely N-dealkylation sites (tertiary alicyclic amines) is 1. The van der Waals surface area contributed by atoms with E-state index in [1.165, 1.54) is 4.90 Å². The molecule has 10 nitrogen and oxygen atoms in total. The Morgan fingerprint density at radius 3 is 2.33 bits per heavy atom. The Labute approximate surface area is 229 Å². The Morgan fingerprint density at radius 2 is 1.62 bits per heavy atom. The summed E-state index contributed by atoms with van der Waals surface area (Å²) < 4.78 is 22.1. The van der Waals surface area contributed by atoms with E-state index in [2.05, 4.69) is 17.6 Å². The number of benzene rings is 2. The van der Waals surface area contributed by atoms with Gasteiger partial charge in [-0.25, -0.2) is 14.4 Å². The summed E-state index contributed by atoms with van der Waals surface area (Å²) in [4.78, 5) is 38.9. The van der Waals surface area contributed by atoms with Gasteiger partial charge in [0.05, 0.1) is 0 Å². The Balaban J connectivity index is 1.47. The van der Waals surface area contributed by atoms with Crippen LogP contribution in [0.3, 0.4) is 0 Å². The largest absolute Gasteiger partial charge is 0.457 e. The third kappa shape index (κ3) is 10.4. The van der Waals surface area contributed by atoms with Gasteiger partial charge in [0.1, 0.15) is 17.2 Å². The fraction of sp³-hybridized carbons (Fsp3) is 0.483. The molecule has 1 aliphatic rings. The predicted molar refractivity (Wildman–Crippen MR) is 146 cm³/mol. The standard InChI is InChI=1S/C29H39N3O7/c1-3-5-6-11-20-30-27(33)38-25(4-2)31-28(34)39-26-15-10-12-21-32(26)29(35)37-24-18-16-23(17-19-24)36-22-13-8-7-9-14-22/h7-9,13-14,16-19,25-26H,3-6,10-12,15,20-21H2,1-2H3,(H,30,33)(H,31,34). The molecule has 1 fully saturated rings. The zero-order valence-corrected chi connectivity index (χ0v) is 22.7. The molecule has 3 amide bonds. The first kappa shape index (κ1) is 29.6. The van der Waals surface area contributed by atoms with Crippen LogP contribution in [0.4, 0.5) is 14.4 Å². The number of nitrogens with one attached hydrogen (secondary N) is 2. The van der Waals surface area contributed by atoms with Gasteiger partial charge in [0.15, 0.2) is 12.5 Å². The van der Waals surface area contributed by atoms with Gasteiger partial charge in [0, 0.05) is 25.9 Å². The minimum absolute atomic E-state index is 0.342. The fourth-order valence-electron chi connectivity index (χ4n) is 4.01. The number of nitrogens with zero attached hydrogens (tertiary/aromatic N) is 1. The van der Waals surface area contributed by atoms with Gasteiger partial charge in [0.25, 0.3) is 0 Å². The van der Waals surface area contributed by atoms with E-state index in [1.807, 2.05) is 30.3 Å². The van der Waals surface area contributed by atoms with Gasteiger partial charge >= 0.3 is 18.3 Å². The summed E-state index contributed by atoms with van der Waals surface area (Å²) in [5, 5.41) is 5.25. The van der Waals surface area contributed by atoms with Crippen LogP contribution in [0.15, 0.2) is 54.6 Å². The number of unbranched alkanes of at least 4 members (excludes halogenated alkanes) is 3. The van der Waals surface area contributed by atoms with Crippen LogP contribution in [-0.4, -0.2) is 48.7 Å². The number of carbonyl (C=O) groups is 3. The van der Waals surface area contributed by atoms with Gasteiger partial charge in [-0.3, -0.25) is 10.2 Å². The topological polar surface area (TPSA) is 115 Å². The van der Waals surface area contributed by atoms with Crippen LogP contribution in [0.5, 0.6) is 17.2 Å². The number of rotatable bonds is 12. The van der Waals surface area contributed by atoms with Gasteiger partial charge in [-0.05, 0) is 55.7 Å². The Morgan fingerprint density at radius 1 is 0.897 bits per heavy atom. The highest BCUT2D eigenvalue weighted by atomic mass is 16.6. The third-order valence-electron chi connectivity index (χ3n) is 6.13. The first-order valence-electron chi connectivity index (χ1n) is 13.7. The van der Waals surface area contributed by atoms with Crippen LogP contribution in [0.1, 0.15) is 65.2 Å². The number of para-hydroxylation sites is 1. The molecule has 2 unspecified atom stereocenters. The lowest BCUT2D eigenvalue weighted by Crippen LogP contribution is -2.50. The van der Waals surface area contributed by atoms with Crippen molar-refractivity contribution < 1.29 is 33.3 Å². The van der Waals surface area contributed by atoms with Crippen LogP contribution in [0, 0.1) is 0 Å². The molecule has 10 heteroatoms. The maximum absolute atomic E-state index is 12.9. The average molecular weight is 542 g/mol. The lowest BCUT2D eigenvalue weighted by atomic mass is 10.1. The first-order chi connectivity index (χ1) is 19.0. The normalized spacial score (nSPS) is 15.5. The quantitative estimate of drug-likeness (QED) is 0.231. The van der Waals surface area contributed by atoms with Gasteiger partial charge < -0.3 is 24.3 Å². The van der Waals surface area contributed by atoms with E-state index in [-0.39, 0.29) is 0 Å². The summed E-state index contributed by atoms with van der Waals surface area (Å²) >= 11 is 0. The molecule has 0 radical (unpaired) electrons. The van der Waals surface area contributed by atoms with Crippen molar-refractivity contribution in [2.75, 3.05) is 13.1 Å². The maximum Gasteiger partial charge on any atom is 0.418 e. The van der Waals surface area contributed by atoms with E-state index >= 15 is 0 Å². The number of amides is 3. The van der Waals surface area contributed by atoms with Crippen molar-refractivity contribution >= 4 is 18.3 Å². The number of piperidine rings is 1. The molecule has 0 aliphatic carbocycles. The summed E-state index contributed by atoms with van der Waals surface area (Å²) in [7, 11) is 0. The highest BCUT2D eigenvalue weighted by Gasteiger charge is 2.32. The molecule has 0 spiro atoms. The molecule has 1 aliphatic heterocycles. The second kappa shape index (κ2) is 16.1. The van der Waals surface area contributed by atoms with Crippen LogP contribution < -0.4 is 20.1 Å². The molecular formula is C29H39N3O7. The number of hydrogen-bond donors (Lipinski definition) is 2. The van der Waals surface area contributed by atoms with E-state index in [0.717, 1.165) is 38.5 Å². The van der Waals surface area contributed by atoms with Crippen molar-refractivity contribution in [2.24, 2.45) is 0 Å². The Hall–Kier alpha value is -3.95. The molecule has 2 aromatic carbocycles. The van der Waals surface area contributed by atoms with Gasteiger partial charge in [-0.15, -0.1) is 0 Å².